The van der Waals surface area contributed by atoms with Crippen LogP contribution in [0.1, 0.15) is 13.8 Å². The van der Waals surface area contributed by atoms with E-state index in [4.69, 9.17) is 11.6 Å². The maximum Gasteiger partial charge on any atom is 0.237 e. The fourth-order valence-corrected chi connectivity index (χ4v) is 2.20. The summed E-state index contributed by atoms with van der Waals surface area (Å²) >= 11 is 1.54. The average Bonchev–Trinajstić information content (AvgIpc) is 2.30. The highest BCUT2D eigenvalue weighted by atomic mass is 32.2. The van der Waals surface area contributed by atoms with Gasteiger partial charge in [0.1, 0.15) is 0 Å². The van der Waals surface area contributed by atoms with Crippen molar-refractivity contribution >= 4 is 23.4 Å². The number of carbonyl (C=O) groups excluding carboxylic acids is 1. The van der Waals surface area contributed by atoms with Gasteiger partial charge in [-0.25, -0.2) is 5.84 Å². The molecule has 0 aliphatic carbocycles. The molecule has 1 heterocycles. The standard InChI is InChI=1S/C10H16N4OS/c1-6(10(15)14-12)7(2)16-9-3-4-13-5-8(9)11/h3-7H,11-12H2,1-2H3,(H,14,15). The van der Waals surface area contributed by atoms with Gasteiger partial charge in [-0.1, -0.05) is 13.8 Å². The Bertz CT molecular complexity index is 372. The van der Waals surface area contributed by atoms with Crippen molar-refractivity contribution in [1.82, 2.24) is 10.4 Å². The van der Waals surface area contributed by atoms with Gasteiger partial charge in [0.2, 0.25) is 5.91 Å². The van der Waals surface area contributed by atoms with E-state index >= 15 is 0 Å². The Morgan fingerprint density at radius 1 is 1.56 bits per heavy atom. The van der Waals surface area contributed by atoms with Gasteiger partial charge in [-0.05, 0) is 6.07 Å². The number of hydrazine groups is 1. The number of thioether (sulfide) groups is 1. The van der Waals surface area contributed by atoms with Crippen molar-refractivity contribution in [2.75, 3.05) is 5.73 Å². The van der Waals surface area contributed by atoms with Crippen LogP contribution in [0.5, 0.6) is 0 Å². The molecule has 0 aromatic carbocycles. The summed E-state index contributed by atoms with van der Waals surface area (Å²) in [6.45, 7) is 3.79. The molecule has 0 bridgehead atoms. The lowest BCUT2D eigenvalue weighted by atomic mass is 10.1. The molecule has 0 saturated carbocycles. The van der Waals surface area contributed by atoms with Gasteiger partial charge < -0.3 is 5.73 Å². The van der Waals surface area contributed by atoms with E-state index in [2.05, 4.69) is 10.4 Å². The number of nitrogen functional groups attached to an aromatic ring is 1. The molecule has 6 heteroatoms. The first-order valence-electron chi connectivity index (χ1n) is 4.93. The first kappa shape index (κ1) is 12.8. The summed E-state index contributed by atoms with van der Waals surface area (Å²) in [4.78, 5) is 16.2. The van der Waals surface area contributed by atoms with Gasteiger partial charge in [0.15, 0.2) is 0 Å². The predicted molar refractivity (Wildman–Crippen MR) is 65.5 cm³/mol. The molecule has 1 aromatic rings. The molecule has 0 aliphatic rings. The second-order valence-corrected chi connectivity index (χ2v) is 4.95. The number of amides is 1. The second-order valence-electron chi connectivity index (χ2n) is 3.53. The number of nitrogens with zero attached hydrogens (tertiary/aromatic N) is 1. The Balaban J connectivity index is 2.68. The zero-order chi connectivity index (χ0) is 12.1. The molecular formula is C10H16N4OS. The van der Waals surface area contributed by atoms with Crippen LogP contribution in [0.25, 0.3) is 0 Å². The average molecular weight is 240 g/mol. The molecular weight excluding hydrogens is 224 g/mol. The summed E-state index contributed by atoms with van der Waals surface area (Å²) < 4.78 is 0. The molecule has 2 unspecified atom stereocenters. The topological polar surface area (TPSA) is 94.0 Å². The molecule has 1 aromatic heterocycles. The molecule has 5 nitrogen and oxygen atoms in total. The third-order valence-electron chi connectivity index (χ3n) is 2.38. The van der Waals surface area contributed by atoms with Crippen molar-refractivity contribution in [2.45, 2.75) is 24.0 Å². The SMILES string of the molecule is CC(Sc1ccncc1N)C(C)C(=O)NN. The van der Waals surface area contributed by atoms with Crippen LogP contribution in [0.4, 0.5) is 5.69 Å². The molecule has 16 heavy (non-hydrogen) atoms. The van der Waals surface area contributed by atoms with Crippen LogP contribution in [0.2, 0.25) is 0 Å². The van der Waals surface area contributed by atoms with Crippen molar-refractivity contribution < 1.29 is 4.79 Å². The number of carbonyl (C=O) groups is 1. The lowest BCUT2D eigenvalue weighted by molar-refractivity contribution is -0.124. The lowest BCUT2D eigenvalue weighted by Gasteiger charge is -2.18. The minimum absolute atomic E-state index is 0.0910. The Hall–Kier alpha value is -1.27. The van der Waals surface area contributed by atoms with Crippen LogP contribution in [0.15, 0.2) is 23.4 Å². The van der Waals surface area contributed by atoms with Gasteiger partial charge in [-0.3, -0.25) is 15.2 Å². The maximum absolute atomic E-state index is 11.3. The van der Waals surface area contributed by atoms with E-state index in [-0.39, 0.29) is 17.1 Å². The molecule has 0 aliphatic heterocycles. The minimum atomic E-state index is -0.178. The molecule has 0 spiro atoms. The normalized spacial score (nSPS) is 14.2. The molecule has 1 rings (SSSR count). The molecule has 5 N–H and O–H groups in total. The number of pyridine rings is 1. The Morgan fingerprint density at radius 2 is 2.25 bits per heavy atom. The van der Waals surface area contributed by atoms with Crippen molar-refractivity contribution in [1.29, 1.82) is 0 Å². The van der Waals surface area contributed by atoms with E-state index < -0.39 is 0 Å². The Kier molecular flexibility index (Phi) is 4.57. The molecule has 0 fully saturated rings. The lowest BCUT2D eigenvalue weighted by Crippen LogP contribution is -2.38. The van der Waals surface area contributed by atoms with E-state index in [1.807, 2.05) is 19.9 Å². The van der Waals surface area contributed by atoms with Crippen molar-refractivity contribution in [3.8, 4) is 0 Å². The largest absolute Gasteiger partial charge is 0.397 e. The first-order valence-corrected chi connectivity index (χ1v) is 5.80. The van der Waals surface area contributed by atoms with Crippen LogP contribution in [0, 0.1) is 5.92 Å². The molecule has 0 saturated heterocycles. The smallest absolute Gasteiger partial charge is 0.237 e. The molecule has 1 amide bonds. The van der Waals surface area contributed by atoms with E-state index in [0.29, 0.717) is 5.69 Å². The zero-order valence-corrected chi connectivity index (χ0v) is 10.1. The fourth-order valence-electron chi connectivity index (χ4n) is 1.15. The maximum atomic E-state index is 11.3. The molecule has 0 radical (unpaired) electrons. The van der Waals surface area contributed by atoms with E-state index in [1.165, 1.54) is 0 Å². The van der Waals surface area contributed by atoms with Gasteiger partial charge in [0.05, 0.1) is 11.9 Å². The summed E-state index contributed by atoms with van der Waals surface area (Å²) in [6.07, 6.45) is 3.28. The van der Waals surface area contributed by atoms with Crippen LogP contribution in [-0.2, 0) is 4.79 Å². The Labute approximate surface area is 99.0 Å². The van der Waals surface area contributed by atoms with E-state index in [9.17, 15) is 4.79 Å². The summed E-state index contributed by atoms with van der Waals surface area (Å²) in [7, 11) is 0. The molecule has 2 atom stereocenters. The van der Waals surface area contributed by atoms with Gasteiger partial charge in [0.25, 0.3) is 0 Å². The number of hydrogen-bond donors (Lipinski definition) is 3. The summed E-state index contributed by atoms with van der Waals surface area (Å²) in [5.41, 5.74) is 8.54. The minimum Gasteiger partial charge on any atom is -0.397 e. The van der Waals surface area contributed by atoms with Crippen molar-refractivity contribution in [3.63, 3.8) is 0 Å². The van der Waals surface area contributed by atoms with Crippen LogP contribution in [-0.4, -0.2) is 16.1 Å². The number of nitrogens with two attached hydrogens (primary N) is 2. The quantitative estimate of drug-likeness (QED) is 0.313. The Morgan fingerprint density at radius 3 is 2.81 bits per heavy atom. The third kappa shape index (κ3) is 3.11. The van der Waals surface area contributed by atoms with Crippen molar-refractivity contribution in [2.24, 2.45) is 11.8 Å². The summed E-state index contributed by atoms with van der Waals surface area (Å²) in [5.74, 6) is 4.74. The highest BCUT2D eigenvalue weighted by Gasteiger charge is 2.20. The van der Waals surface area contributed by atoms with Crippen molar-refractivity contribution in [3.05, 3.63) is 18.5 Å². The van der Waals surface area contributed by atoms with Crippen LogP contribution < -0.4 is 17.0 Å². The number of aromatic nitrogens is 1. The number of anilines is 1. The van der Waals surface area contributed by atoms with E-state index in [1.54, 1.807) is 24.2 Å². The fraction of sp³-hybridized carbons (Fsp3) is 0.400. The predicted octanol–water partition coefficient (Wildman–Crippen LogP) is 0.770. The highest BCUT2D eigenvalue weighted by molar-refractivity contribution is 8.00. The highest BCUT2D eigenvalue weighted by Crippen LogP contribution is 2.31. The molecule has 88 valence electrons. The first-order chi connectivity index (χ1) is 7.56. The van der Waals surface area contributed by atoms with Gasteiger partial charge in [0, 0.05) is 22.3 Å². The summed E-state index contributed by atoms with van der Waals surface area (Å²) in [6, 6.07) is 1.84. The summed E-state index contributed by atoms with van der Waals surface area (Å²) in [5, 5.41) is 0.0910. The van der Waals surface area contributed by atoms with Crippen LogP contribution in [0.3, 0.4) is 0 Å². The van der Waals surface area contributed by atoms with Gasteiger partial charge in [-0.2, -0.15) is 0 Å². The number of hydrogen-bond acceptors (Lipinski definition) is 5. The number of rotatable bonds is 4. The van der Waals surface area contributed by atoms with E-state index in [0.717, 1.165) is 4.90 Å². The second kappa shape index (κ2) is 5.72. The van der Waals surface area contributed by atoms with Gasteiger partial charge >= 0.3 is 0 Å². The van der Waals surface area contributed by atoms with Crippen LogP contribution >= 0.6 is 11.8 Å². The van der Waals surface area contributed by atoms with Gasteiger partial charge in [-0.15, -0.1) is 11.8 Å². The third-order valence-corrected chi connectivity index (χ3v) is 3.79. The monoisotopic (exact) mass is 240 g/mol. The number of nitrogens with one attached hydrogen (secondary N) is 1. The zero-order valence-electron chi connectivity index (χ0n) is 9.31.